The van der Waals surface area contributed by atoms with Crippen LogP contribution in [0.3, 0.4) is 0 Å². The Morgan fingerprint density at radius 2 is 1.70 bits per heavy atom. The molecule has 6 heteroatoms. The molecule has 0 bridgehead atoms. The largest absolute Gasteiger partial charge is 0.508 e. The van der Waals surface area contributed by atoms with Gasteiger partial charge in [0.1, 0.15) is 11.5 Å². The number of aromatic hydroxyl groups is 1. The molecule has 142 valence electrons. The molecule has 2 rings (SSSR count). The fourth-order valence-electron chi connectivity index (χ4n) is 2.19. The van der Waals surface area contributed by atoms with E-state index in [0.29, 0.717) is 17.9 Å². The second-order valence-corrected chi connectivity index (χ2v) is 5.95. The number of benzene rings is 2. The zero-order valence-corrected chi connectivity index (χ0v) is 15.6. The third-order valence-electron chi connectivity index (χ3n) is 3.66. The summed E-state index contributed by atoms with van der Waals surface area (Å²) in [6.07, 6.45) is 2.15. The normalized spacial score (nSPS) is 12.0. The number of ketones is 1. The van der Waals surface area contributed by atoms with Crippen LogP contribution in [0.4, 0.5) is 0 Å². The number of phenolic OH excluding ortho intramolecular Hbond substituents is 1. The number of hydrogen-bond acceptors (Lipinski definition) is 5. The number of hydrogen-bond donors (Lipinski definition) is 1. The molecule has 0 spiro atoms. The Morgan fingerprint density at radius 3 is 2.26 bits per heavy atom. The minimum atomic E-state index is -0.998. The lowest BCUT2D eigenvalue weighted by atomic mass is 10.1. The zero-order chi connectivity index (χ0) is 19.8. The highest BCUT2D eigenvalue weighted by molar-refractivity contribution is 6.06. The van der Waals surface area contributed by atoms with Crippen molar-refractivity contribution in [3.63, 3.8) is 0 Å². The third-order valence-corrected chi connectivity index (χ3v) is 3.66. The summed E-state index contributed by atoms with van der Waals surface area (Å²) in [5.74, 6) is 0.165. The van der Waals surface area contributed by atoms with Crippen molar-refractivity contribution < 1.29 is 24.2 Å². The number of carbonyl (C=O) groups is 2. The van der Waals surface area contributed by atoms with Crippen molar-refractivity contribution >= 4 is 17.8 Å². The number of ether oxygens (including phenoxy) is 2. The second kappa shape index (κ2) is 9.54. The van der Waals surface area contributed by atoms with Gasteiger partial charge in [-0.2, -0.15) is 0 Å². The first-order chi connectivity index (χ1) is 12.9. The smallest absolute Gasteiger partial charge is 0.291 e. The molecule has 0 aliphatic carbocycles. The molecule has 1 N–H and O–H groups in total. The summed E-state index contributed by atoms with van der Waals surface area (Å²) in [4.78, 5) is 25.6. The molecule has 27 heavy (non-hydrogen) atoms. The molecule has 0 radical (unpaired) electrons. The van der Waals surface area contributed by atoms with Crippen LogP contribution in [0.2, 0.25) is 0 Å². The van der Waals surface area contributed by atoms with Gasteiger partial charge in [0.15, 0.2) is 5.78 Å². The van der Waals surface area contributed by atoms with E-state index in [0.717, 1.165) is 5.56 Å². The first kappa shape index (κ1) is 20.2. The molecule has 2 aromatic rings. The molecule has 1 amide bonds. The Morgan fingerprint density at radius 1 is 1.07 bits per heavy atom. The predicted molar refractivity (Wildman–Crippen MR) is 103 cm³/mol. The van der Waals surface area contributed by atoms with Gasteiger partial charge >= 0.3 is 0 Å². The summed E-state index contributed by atoms with van der Waals surface area (Å²) >= 11 is 0. The molecule has 1 unspecified atom stereocenters. The van der Waals surface area contributed by atoms with Gasteiger partial charge in [-0.05, 0) is 55.0 Å². The minimum absolute atomic E-state index is 0.115. The Balaban J connectivity index is 2.02. The van der Waals surface area contributed by atoms with Crippen molar-refractivity contribution in [3.05, 3.63) is 65.7 Å². The molecule has 0 aliphatic heterocycles. The van der Waals surface area contributed by atoms with Crippen LogP contribution in [-0.2, 0) is 9.53 Å². The van der Waals surface area contributed by atoms with Crippen LogP contribution >= 0.6 is 0 Å². The van der Waals surface area contributed by atoms with Gasteiger partial charge < -0.3 is 19.5 Å². The van der Waals surface area contributed by atoms with Gasteiger partial charge in [0.05, 0.1) is 0 Å². The van der Waals surface area contributed by atoms with Crippen LogP contribution in [0.1, 0.15) is 22.8 Å². The number of allylic oxidation sites excluding steroid dienone is 1. The van der Waals surface area contributed by atoms with Crippen molar-refractivity contribution in [2.45, 2.75) is 13.2 Å². The fourth-order valence-corrected chi connectivity index (χ4v) is 2.19. The zero-order valence-electron chi connectivity index (χ0n) is 15.6. The lowest BCUT2D eigenvalue weighted by Gasteiger charge is -2.21. The molecule has 0 fully saturated rings. The topological polar surface area (TPSA) is 76.1 Å². The minimum Gasteiger partial charge on any atom is -0.508 e. The van der Waals surface area contributed by atoms with Gasteiger partial charge in [0.25, 0.3) is 12.2 Å². The number of rotatable bonds is 8. The molecular weight excluding hydrogens is 346 g/mol. The van der Waals surface area contributed by atoms with Crippen LogP contribution in [0, 0.1) is 0 Å². The van der Waals surface area contributed by atoms with Gasteiger partial charge in [0.2, 0.25) is 0 Å². The second-order valence-electron chi connectivity index (χ2n) is 5.95. The number of phenols is 1. The van der Waals surface area contributed by atoms with Crippen LogP contribution in [0.25, 0.3) is 6.08 Å². The van der Waals surface area contributed by atoms with E-state index in [1.54, 1.807) is 63.5 Å². The van der Waals surface area contributed by atoms with E-state index < -0.39 is 6.29 Å². The quantitative estimate of drug-likeness (QED) is 0.440. The van der Waals surface area contributed by atoms with Crippen molar-refractivity contribution in [1.82, 2.24) is 4.90 Å². The lowest BCUT2D eigenvalue weighted by molar-refractivity contribution is -0.160. The van der Waals surface area contributed by atoms with Crippen molar-refractivity contribution in [1.29, 1.82) is 0 Å². The lowest BCUT2D eigenvalue weighted by Crippen LogP contribution is -2.39. The van der Waals surface area contributed by atoms with Crippen LogP contribution in [-0.4, -0.2) is 48.7 Å². The average Bonchev–Trinajstić information content (AvgIpc) is 2.66. The van der Waals surface area contributed by atoms with E-state index >= 15 is 0 Å². The molecular formula is C21H23NO5. The van der Waals surface area contributed by atoms with E-state index in [1.165, 1.54) is 23.1 Å². The maximum absolute atomic E-state index is 12.1. The van der Waals surface area contributed by atoms with Crippen molar-refractivity contribution in [2.24, 2.45) is 0 Å². The SMILES string of the molecule is CCOC(Oc1ccc(C=CC(=O)c2ccc(O)cc2)cc1)C(=O)N(C)C. The highest BCUT2D eigenvalue weighted by atomic mass is 16.7. The van der Waals surface area contributed by atoms with Crippen LogP contribution in [0.15, 0.2) is 54.6 Å². The highest BCUT2D eigenvalue weighted by Gasteiger charge is 2.22. The number of carbonyl (C=O) groups excluding carboxylic acids is 2. The van der Waals surface area contributed by atoms with E-state index in [9.17, 15) is 14.7 Å². The van der Waals surface area contributed by atoms with Crippen molar-refractivity contribution in [3.8, 4) is 11.5 Å². The van der Waals surface area contributed by atoms with Gasteiger partial charge in [-0.3, -0.25) is 9.59 Å². The standard InChI is InChI=1S/C21H23NO5/c1-4-26-21(20(25)22(2)3)27-18-12-5-15(6-13-18)7-14-19(24)16-8-10-17(23)11-9-16/h5-14,21,23H,4H2,1-3H3. The summed E-state index contributed by atoms with van der Waals surface area (Å²) in [5, 5.41) is 9.26. The molecule has 0 saturated carbocycles. The van der Waals surface area contributed by atoms with Crippen LogP contribution < -0.4 is 4.74 Å². The van der Waals surface area contributed by atoms with Crippen molar-refractivity contribution in [2.75, 3.05) is 20.7 Å². The summed E-state index contributed by atoms with van der Waals surface area (Å²) in [6.45, 7) is 2.14. The monoisotopic (exact) mass is 369 g/mol. The molecule has 6 nitrogen and oxygen atoms in total. The van der Waals surface area contributed by atoms with E-state index in [2.05, 4.69) is 0 Å². The summed E-state index contributed by atoms with van der Waals surface area (Å²) < 4.78 is 11.0. The first-order valence-electron chi connectivity index (χ1n) is 8.51. The van der Waals surface area contributed by atoms with E-state index in [-0.39, 0.29) is 17.4 Å². The molecule has 0 saturated heterocycles. The summed E-state index contributed by atoms with van der Waals surface area (Å²) in [5.41, 5.74) is 1.30. The van der Waals surface area contributed by atoms with E-state index in [4.69, 9.17) is 9.47 Å². The van der Waals surface area contributed by atoms with Gasteiger partial charge in [-0.1, -0.05) is 18.2 Å². The maximum atomic E-state index is 12.1. The molecule has 0 heterocycles. The Kier molecular flexibility index (Phi) is 7.14. The van der Waals surface area contributed by atoms with Gasteiger partial charge in [0, 0.05) is 26.3 Å². The molecule has 0 aliphatic rings. The van der Waals surface area contributed by atoms with Gasteiger partial charge in [-0.25, -0.2) is 0 Å². The Hall–Kier alpha value is -3.12. The molecule has 0 aromatic heterocycles. The number of amides is 1. The summed E-state index contributed by atoms with van der Waals surface area (Å²) in [7, 11) is 3.27. The molecule has 2 aromatic carbocycles. The fraction of sp³-hybridized carbons (Fsp3) is 0.238. The summed E-state index contributed by atoms with van der Waals surface area (Å²) in [6, 6.07) is 13.0. The Labute approximate surface area is 158 Å². The van der Waals surface area contributed by atoms with E-state index in [1.807, 2.05) is 0 Å². The predicted octanol–water partition coefficient (Wildman–Crippen LogP) is 3.12. The number of nitrogens with zero attached hydrogens (tertiary/aromatic N) is 1. The van der Waals surface area contributed by atoms with Gasteiger partial charge in [-0.15, -0.1) is 0 Å². The Bertz CT molecular complexity index is 794. The average molecular weight is 369 g/mol. The van der Waals surface area contributed by atoms with Crippen LogP contribution in [0.5, 0.6) is 11.5 Å². The highest BCUT2D eigenvalue weighted by Crippen LogP contribution is 2.17. The number of likely N-dealkylation sites (N-methyl/N-ethyl adjacent to an activating group) is 1. The molecule has 1 atom stereocenters. The maximum Gasteiger partial charge on any atom is 0.291 e. The first-order valence-corrected chi connectivity index (χ1v) is 8.51. The third kappa shape index (κ3) is 5.97.